The van der Waals surface area contributed by atoms with Gasteiger partial charge in [-0.1, -0.05) is 13.8 Å². The van der Waals surface area contributed by atoms with Gasteiger partial charge < -0.3 is 9.47 Å². The first-order valence-electron chi connectivity index (χ1n) is 6.95. The molecule has 110 valence electrons. The Kier molecular flexibility index (Phi) is 4.39. The molecule has 0 fully saturated rings. The van der Waals surface area contributed by atoms with Crippen LogP contribution in [0.5, 0.6) is 0 Å². The van der Waals surface area contributed by atoms with Crippen molar-refractivity contribution in [3.8, 4) is 0 Å². The van der Waals surface area contributed by atoms with Crippen molar-refractivity contribution in [3.05, 3.63) is 27.2 Å². The number of rotatable bonds is 6. The number of hydrogen-bond acceptors (Lipinski definition) is 4. The summed E-state index contributed by atoms with van der Waals surface area (Å²) < 4.78 is 3.18. The third kappa shape index (κ3) is 2.67. The molecule has 2 aromatic rings. The van der Waals surface area contributed by atoms with Gasteiger partial charge in [0.2, 0.25) is 0 Å². The lowest BCUT2D eigenvalue weighted by Gasteiger charge is -2.17. The summed E-state index contributed by atoms with van der Waals surface area (Å²) in [4.78, 5) is 32.5. The molecule has 7 nitrogen and oxygen atoms in total. The lowest BCUT2D eigenvalue weighted by Crippen LogP contribution is -2.32. The number of aromatic nitrogens is 4. The van der Waals surface area contributed by atoms with Crippen molar-refractivity contribution in [3.63, 3.8) is 0 Å². The third-order valence-electron chi connectivity index (χ3n) is 3.60. The maximum atomic E-state index is 11.9. The first-order valence-corrected chi connectivity index (χ1v) is 6.95. The van der Waals surface area contributed by atoms with Crippen LogP contribution in [0, 0.1) is 0 Å². The Bertz CT molecular complexity index is 693. The summed E-state index contributed by atoms with van der Waals surface area (Å²) >= 11 is 0. The Morgan fingerprint density at radius 1 is 1.30 bits per heavy atom. The van der Waals surface area contributed by atoms with Gasteiger partial charge in [0.05, 0.1) is 6.33 Å². The van der Waals surface area contributed by atoms with Crippen LogP contribution in [0.2, 0.25) is 0 Å². The first-order chi connectivity index (χ1) is 9.58. The summed E-state index contributed by atoms with van der Waals surface area (Å²) in [5, 5.41) is 0. The molecule has 0 radical (unpaired) electrons. The van der Waals surface area contributed by atoms with Crippen LogP contribution in [0.25, 0.3) is 11.2 Å². The van der Waals surface area contributed by atoms with Crippen molar-refractivity contribution in [1.29, 1.82) is 0 Å². The molecule has 0 saturated carbocycles. The molecule has 0 aliphatic carbocycles. The highest BCUT2D eigenvalue weighted by Crippen LogP contribution is 2.04. The molecule has 0 atom stereocenters. The molecule has 1 N–H and O–H groups in total. The zero-order chi connectivity index (χ0) is 14.7. The van der Waals surface area contributed by atoms with E-state index in [-0.39, 0.29) is 11.2 Å². The minimum absolute atomic E-state index is 0.384. The fourth-order valence-electron chi connectivity index (χ4n) is 2.40. The summed E-state index contributed by atoms with van der Waals surface area (Å²) in [5.74, 6) is 0. The summed E-state index contributed by atoms with van der Waals surface area (Å²) in [6.45, 7) is 7.71. The predicted molar refractivity (Wildman–Crippen MR) is 78.0 cm³/mol. The average Bonchev–Trinajstić information content (AvgIpc) is 2.80. The predicted octanol–water partition coefficient (Wildman–Crippen LogP) is 0.155. The van der Waals surface area contributed by atoms with Gasteiger partial charge in [-0.3, -0.25) is 14.3 Å². The molecular weight excluding hydrogens is 258 g/mol. The second-order valence-electron chi connectivity index (χ2n) is 4.82. The number of aryl methyl sites for hydroxylation is 2. The molecule has 0 unspecified atom stereocenters. The number of H-pyrrole nitrogens is 1. The van der Waals surface area contributed by atoms with Crippen LogP contribution in [-0.4, -0.2) is 43.6 Å². The molecule has 0 aliphatic heterocycles. The fraction of sp³-hybridized carbons (Fsp3) is 0.615. The minimum Gasteiger partial charge on any atom is -0.328 e. The van der Waals surface area contributed by atoms with Crippen LogP contribution in [0.1, 0.15) is 20.3 Å². The molecule has 0 aromatic carbocycles. The maximum absolute atomic E-state index is 11.9. The van der Waals surface area contributed by atoms with Gasteiger partial charge in [-0.15, -0.1) is 0 Å². The van der Waals surface area contributed by atoms with Crippen LogP contribution in [0.3, 0.4) is 0 Å². The lowest BCUT2D eigenvalue weighted by molar-refractivity contribution is 0.293. The van der Waals surface area contributed by atoms with Gasteiger partial charge in [0.15, 0.2) is 11.2 Å². The van der Waals surface area contributed by atoms with E-state index < -0.39 is 0 Å². The SMILES string of the molecule is CCN(CC)CCCn1c(=O)[nH]c(=O)c2c1ncn2C. The second-order valence-corrected chi connectivity index (χ2v) is 4.82. The zero-order valence-corrected chi connectivity index (χ0v) is 12.2. The molecule has 20 heavy (non-hydrogen) atoms. The van der Waals surface area contributed by atoms with Crippen LogP contribution in [0.4, 0.5) is 0 Å². The normalized spacial score (nSPS) is 11.6. The van der Waals surface area contributed by atoms with E-state index >= 15 is 0 Å². The van der Waals surface area contributed by atoms with E-state index in [1.165, 1.54) is 0 Å². The van der Waals surface area contributed by atoms with E-state index in [0.29, 0.717) is 17.7 Å². The Morgan fingerprint density at radius 3 is 2.65 bits per heavy atom. The molecule has 2 heterocycles. The Balaban J connectivity index is 2.26. The summed E-state index contributed by atoms with van der Waals surface area (Å²) in [6, 6.07) is 0. The monoisotopic (exact) mass is 279 g/mol. The number of nitrogens with one attached hydrogen (secondary N) is 1. The molecule has 7 heteroatoms. The van der Waals surface area contributed by atoms with Crippen molar-refractivity contribution < 1.29 is 0 Å². The van der Waals surface area contributed by atoms with Gasteiger partial charge >= 0.3 is 5.69 Å². The van der Waals surface area contributed by atoms with Crippen molar-refractivity contribution in [1.82, 2.24) is 24.0 Å². The quantitative estimate of drug-likeness (QED) is 0.817. The van der Waals surface area contributed by atoms with E-state index in [0.717, 1.165) is 26.1 Å². The highest BCUT2D eigenvalue weighted by Gasteiger charge is 2.11. The lowest BCUT2D eigenvalue weighted by atomic mass is 10.3. The largest absolute Gasteiger partial charge is 0.330 e. The topological polar surface area (TPSA) is 75.9 Å². The number of nitrogens with zero attached hydrogens (tertiary/aromatic N) is 4. The van der Waals surface area contributed by atoms with Crippen LogP contribution in [0.15, 0.2) is 15.9 Å². The summed E-state index contributed by atoms with van der Waals surface area (Å²) in [5.41, 5.74) is 0.124. The molecule has 2 aromatic heterocycles. The molecule has 0 saturated heterocycles. The fourth-order valence-corrected chi connectivity index (χ4v) is 2.40. The summed E-state index contributed by atoms with van der Waals surface area (Å²) in [6.07, 6.45) is 2.40. The Labute approximate surface area is 116 Å². The van der Waals surface area contributed by atoms with E-state index in [9.17, 15) is 9.59 Å². The van der Waals surface area contributed by atoms with Gasteiger partial charge in [-0.25, -0.2) is 9.78 Å². The van der Waals surface area contributed by atoms with E-state index in [4.69, 9.17) is 0 Å². The summed E-state index contributed by atoms with van der Waals surface area (Å²) in [7, 11) is 1.75. The van der Waals surface area contributed by atoms with Gasteiger partial charge in [0.25, 0.3) is 5.56 Å². The number of fused-ring (bicyclic) bond motifs is 1. The van der Waals surface area contributed by atoms with Crippen molar-refractivity contribution in [2.75, 3.05) is 19.6 Å². The zero-order valence-electron chi connectivity index (χ0n) is 12.2. The molecule has 0 bridgehead atoms. The highest BCUT2D eigenvalue weighted by atomic mass is 16.2. The van der Waals surface area contributed by atoms with Crippen molar-refractivity contribution in [2.45, 2.75) is 26.8 Å². The molecule has 0 amide bonds. The minimum atomic E-state index is -0.388. The Hall–Kier alpha value is -1.89. The molecule has 2 rings (SSSR count). The number of imidazole rings is 1. The van der Waals surface area contributed by atoms with Crippen molar-refractivity contribution >= 4 is 11.2 Å². The van der Waals surface area contributed by atoms with Gasteiger partial charge in [-0.2, -0.15) is 0 Å². The average molecular weight is 279 g/mol. The molecule has 0 spiro atoms. The van der Waals surface area contributed by atoms with Gasteiger partial charge in [0.1, 0.15) is 0 Å². The third-order valence-corrected chi connectivity index (χ3v) is 3.60. The van der Waals surface area contributed by atoms with Gasteiger partial charge in [0, 0.05) is 13.6 Å². The second kappa shape index (κ2) is 6.04. The smallest absolute Gasteiger partial charge is 0.328 e. The maximum Gasteiger partial charge on any atom is 0.330 e. The highest BCUT2D eigenvalue weighted by molar-refractivity contribution is 5.69. The molecular formula is C13H21N5O2. The first kappa shape index (κ1) is 14.5. The van der Waals surface area contributed by atoms with Crippen molar-refractivity contribution in [2.24, 2.45) is 7.05 Å². The van der Waals surface area contributed by atoms with E-state index in [1.54, 1.807) is 22.5 Å². The van der Waals surface area contributed by atoms with Crippen LogP contribution < -0.4 is 11.2 Å². The Morgan fingerprint density at radius 2 is 2.00 bits per heavy atom. The number of aromatic amines is 1. The van der Waals surface area contributed by atoms with Crippen LogP contribution >= 0.6 is 0 Å². The van der Waals surface area contributed by atoms with Gasteiger partial charge in [-0.05, 0) is 26.1 Å². The van der Waals surface area contributed by atoms with E-state index in [1.807, 2.05) is 0 Å². The standard InChI is InChI=1S/C13H21N5O2/c1-4-17(5-2)7-6-8-18-11-10(16(3)9-14-11)12(19)15-13(18)20/h9H,4-8H2,1-3H3,(H,15,19,20). The molecule has 0 aliphatic rings. The van der Waals surface area contributed by atoms with E-state index in [2.05, 4.69) is 28.7 Å². The number of hydrogen-bond donors (Lipinski definition) is 1. The van der Waals surface area contributed by atoms with Crippen LogP contribution in [-0.2, 0) is 13.6 Å².